The quantitative estimate of drug-likeness (QED) is 0.543. The van der Waals surface area contributed by atoms with Crippen molar-refractivity contribution in [3.05, 3.63) is 0 Å². The summed E-state index contributed by atoms with van der Waals surface area (Å²) >= 11 is 0. The highest BCUT2D eigenvalue weighted by Gasteiger charge is 2.55. The largest absolute Gasteiger partial charge is 0.481 e. The monoisotopic (exact) mass is 422 g/mol. The predicted molar refractivity (Wildman–Crippen MR) is 114 cm³/mol. The molecule has 170 valence electrons. The van der Waals surface area contributed by atoms with Gasteiger partial charge in [0.25, 0.3) is 0 Å². The molecule has 0 aromatic rings. The predicted octanol–water partition coefficient (Wildman–Crippen LogP) is 4.89. The number of rotatable bonds is 8. The van der Waals surface area contributed by atoms with Gasteiger partial charge in [-0.3, -0.25) is 14.1 Å². The van der Waals surface area contributed by atoms with E-state index in [0.717, 1.165) is 77.0 Å². The molecule has 0 heterocycles. The number of nitrogens with zero attached hydrogens (tertiary/aromatic N) is 1. The molecule has 2 N–H and O–H groups in total. The van der Waals surface area contributed by atoms with Crippen molar-refractivity contribution in [2.45, 2.75) is 127 Å². The lowest BCUT2D eigenvalue weighted by molar-refractivity contribution is -0.931. The van der Waals surface area contributed by atoms with Crippen molar-refractivity contribution in [2.75, 3.05) is 0 Å². The molecule has 0 spiro atoms. The van der Waals surface area contributed by atoms with E-state index in [1.165, 1.54) is 19.3 Å². The molecule has 1 unspecified atom stereocenters. The van der Waals surface area contributed by atoms with Crippen LogP contribution in [0.4, 0.5) is 0 Å². The first kappa shape index (κ1) is 23.2. The average Bonchev–Trinajstić information content (AvgIpc) is 2.76. The first-order valence-corrected chi connectivity index (χ1v) is 12.3. The molecule has 3 rings (SSSR count). The van der Waals surface area contributed by atoms with E-state index in [1.54, 1.807) is 0 Å². The average molecular weight is 423 g/mol. The van der Waals surface area contributed by atoms with Crippen LogP contribution in [0.1, 0.15) is 109 Å². The van der Waals surface area contributed by atoms with Crippen LogP contribution >= 0.6 is 0 Å². The zero-order valence-electron chi connectivity index (χ0n) is 18.4. The summed E-state index contributed by atoms with van der Waals surface area (Å²) < 4.78 is 0.489. The fraction of sp³-hybridized carbons (Fsp3) is 0.875. The molecule has 0 aliphatic heterocycles. The minimum Gasteiger partial charge on any atom is -0.481 e. The Morgan fingerprint density at radius 1 is 0.633 bits per heavy atom. The Hall–Kier alpha value is -1.43. The first-order valence-electron chi connectivity index (χ1n) is 12.3. The lowest BCUT2D eigenvalue weighted by Gasteiger charge is -2.55. The number of hydrogen-bond acceptors (Lipinski definition) is 3. The third-order valence-electron chi connectivity index (χ3n) is 8.16. The Balaban J connectivity index is 1.99. The number of quaternary nitrogens is 1. The normalized spacial score (nSPS) is 23.7. The van der Waals surface area contributed by atoms with Crippen molar-refractivity contribution in [1.82, 2.24) is 0 Å². The molecule has 3 aliphatic carbocycles. The standard InChI is InChI=1S/C24H39NO5/c26-22(16-18(24(29)30)17-23(27)28)25(19-10-4-1-5-11-19,20-12-6-2-7-13-20)21-14-8-3-9-15-21/h18-21H,1-17H2,(H-,27,28,29,30)/p+1. The van der Waals surface area contributed by atoms with Gasteiger partial charge in [-0.25, -0.2) is 4.79 Å². The summed E-state index contributed by atoms with van der Waals surface area (Å²) in [5.41, 5.74) is 0. The highest BCUT2D eigenvalue weighted by atomic mass is 16.4. The zero-order valence-corrected chi connectivity index (χ0v) is 18.4. The molecular weight excluding hydrogens is 382 g/mol. The molecule has 0 radical (unpaired) electrons. The van der Waals surface area contributed by atoms with E-state index in [9.17, 15) is 24.6 Å². The topological polar surface area (TPSA) is 91.7 Å². The number of carboxylic acids is 2. The first-order chi connectivity index (χ1) is 14.5. The van der Waals surface area contributed by atoms with Gasteiger partial charge in [0, 0.05) is 0 Å². The van der Waals surface area contributed by atoms with Crippen molar-refractivity contribution >= 4 is 17.8 Å². The van der Waals surface area contributed by atoms with E-state index in [0.29, 0.717) is 4.48 Å². The minimum absolute atomic E-state index is 0.0364. The summed E-state index contributed by atoms with van der Waals surface area (Å²) in [4.78, 5) is 37.2. The highest BCUT2D eigenvalue weighted by Crippen LogP contribution is 2.44. The molecule has 0 aromatic carbocycles. The van der Waals surface area contributed by atoms with E-state index in [-0.39, 0.29) is 30.5 Å². The Morgan fingerprint density at radius 2 is 1.00 bits per heavy atom. The number of carbonyl (C=O) groups excluding carboxylic acids is 1. The maximum atomic E-state index is 14.2. The second-order valence-electron chi connectivity index (χ2n) is 9.94. The van der Waals surface area contributed by atoms with Crippen LogP contribution in [-0.2, 0) is 14.4 Å². The maximum absolute atomic E-state index is 14.2. The molecule has 6 heteroatoms. The molecule has 6 nitrogen and oxygen atoms in total. The van der Waals surface area contributed by atoms with Crippen LogP contribution < -0.4 is 0 Å². The number of aliphatic carboxylic acids is 2. The summed E-state index contributed by atoms with van der Waals surface area (Å²) in [7, 11) is 0. The lowest BCUT2D eigenvalue weighted by Crippen LogP contribution is -2.70. The van der Waals surface area contributed by atoms with Crippen molar-refractivity contribution in [3.63, 3.8) is 0 Å². The maximum Gasteiger partial charge on any atom is 0.315 e. The Morgan fingerprint density at radius 3 is 1.30 bits per heavy atom. The van der Waals surface area contributed by atoms with Gasteiger partial charge in [-0.15, -0.1) is 0 Å². The van der Waals surface area contributed by atoms with Crippen LogP contribution in [0.5, 0.6) is 0 Å². The number of carboxylic acid groups (broad SMARTS) is 2. The van der Waals surface area contributed by atoms with E-state index in [1.807, 2.05) is 0 Å². The molecule has 0 saturated heterocycles. The summed E-state index contributed by atoms with van der Waals surface area (Å²) in [5.74, 6) is -3.38. The minimum atomic E-state index is -1.15. The molecular formula is C24H40NO5+. The van der Waals surface area contributed by atoms with Crippen LogP contribution in [0.3, 0.4) is 0 Å². The number of carbonyl (C=O) groups is 3. The van der Waals surface area contributed by atoms with Gasteiger partial charge in [-0.1, -0.05) is 19.3 Å². The zero-order chi connectivity index (χ0) is 21.6. The van der Waals surface area contributed by atoms with Crippen LogP contribution in [-0.4, -0.2) is 50.7 Å². The van der Waals surface area contributed by atoms with Crippen LogP contribution in [0, 0.1) is 5.92 Å². The Bertz CT molecular complexity index is 555. The second kappa shape index (κ2) is 10.7. The van der Waals surface area contributed by atoms with Crippen molar-refractivity contribution in [1.29, 1.82) is 0 Å². The summed E-state index contributed by atoms with van der Waals surface area (Å²) in [5, 5.41) is 18.9. The molecule has 0 aromatic heterocycles. The molecule has 1 amide bonds. The third kappa shape index (κ3) is 5.06. The number of amides is 1. The van der Waals surface area contributed by atoms with Gasteiger partial charge in [0.1, 0.15) is 0 Å². The molecule has 0 bridgehead atoms. The van der Waals surface area contributed by atoms with E-state index < -0.39 is 24.3 Å². The van der Waals surface area contributed by atoms with Crippen LogP contribution in [0.25, 0.3) is 0 Å². The molecule has 3 aliphatic rings. The number of hydrogen-bond donors (Lipinski definition) is 2. The lowest BCUT2D eigenvalue weighted by atomic mass is 9.79. The van der Waals surface area contributed by atoms with Gasteiger partial charge in [0.2, 0.25) is 0 Å². The van der Waals surface area contributed by atoms with Gasteiger partial charge >= 0.3 is 17.8 Å². The van der Waals surface area contributed by atoms with Crippen molar-refractivity contribution < 1.29 is 29.1 Å². The fourth-order valence-electron chi connectivity index (χ4n) is 6.86. The SMILES string of the molecule is O=C(O)CC(CC(=O)[N+](C1CCCCC1)(C1CCCCC1)C1CCCCC1)C(=O)O. The van der Waals surface area contributed by atoms with Gasteiger partial charge in [-0.05, 0) is 77.0 Å². The summed E-state index contributed by atoms with van der Waals surface area (Å²) in [6.45, 7) is 0. The van der Waals surface area contributed by atoms with Crippen molar-refractivity contribution in [2.24, 2.45) is 5.92 Å². The van der Waals surface area contributed by atoms with Gasteiger partial charge in [-0.2, -0.15) is 0 Å². The Kier molecular flexibility index (Phi) is 8.32. The third-order valence-corrected chi connectivity index (χ3v) is 8.16. The smallest absolute Gasteiger partial charge is 0.315 e. The van der Waals surface area contributed by atoms with Crippen LogP contribution in [0.2, 0.25) is 0 Å². The molecule has 3 fully saturated rings. The fourth-order valence-corrected chi connectivity index (χ4v) is 6.86. The summed E-state index contributed by atoms with van der Waals surface area (Å²) in [6.07, 6.45) is 16.2. The van der Waals surface area contributed by atoms with E-state index in [2.05, 4.69) is 0 Å². The van der Waals surface area contributed by atoms with Crippen molar-refractivity contribution in [3.8, 4) is 0 Å². The highest BCUT2D eigenvalue weighted by molar-refractivity contribution is 5.83. The summed E-state index contributed by atoms with van der Waals surface area (Å²) in [6, 6.07) is 0.866. The molecule has 30 heavy (non-hydrogen) atoms. The molecule has 1 atom stereocenters. The van der Waals surface area contributed by atoms with Gasteiger partial charge in [0.15, 0.2) is 0 Å². The Labute approximate surface area is 180 Å². The molecule has 3 saturated carbocycles. The van der Waals surface area contributed by atoms with Crippen LogP contribution in [0.15, 0.2) is 0 Å². The van der Waals surface area contributed by atoms with E-state index >= 15 is 0 Å². The van der Waals surface area contributed by atoms with E-state index in [4.69, 9.17) is 0 Å². The second-order valence-corrected chi connectivity index (χ2v) is 9.94. The van der Waals surface area contributed by atoms with Gasteiger partial charge in [0.05, 0.1) is 36.9 Å². The van der Waals surface area contributed by atoms with Gasteiger partial charge < -0.3 is 10.2 Å².